The van der Waals surface area contributed by atoms with Crippen LogP contribution in [0.2, 0.25) is 0 Å². The van der Waals surface area contributed by atoms with Gasteiger partial charge < -0.3 is 9.84 Å². The van der Waals surface area contributed by atoms with Gasteiger partial charge in [0, 0.05) is 19.7 Å². The maximum atomic E-state index is 13.3. The Bertz CT molecular complexity index is 452. The van der Waals surface area contributed by atoms with Gasteiger partial charge in [-0.25, -0.2) is 4.39 Å². The number of rotatable bonds is 5. The van der Waals surface area contributed by atoms with Crippen molar-refractivity contribution in [3.05, 3.63) is 35.6 Å². The lowest BCUT2D eigenvalue weighted by Crippen LogP contribution is -2.31. The molecule has 0 spiro atoms. The quantitative estimate of drug-likeness (QED) is 0.885. The van der Waals surface area contributed by atoms with Crippen molar-refractivity contribution in [3.8, 4) is 0 Å². The zero-order chi connectivity index (χ0) is 13.8. The van der Waals surface area contributed by atoms with E-state index in [0.717, 1.165) is 5.56 Å². The van der Waals surface area contributed by atoms with Gasteiger partial charge in [0.05, 0.1) is 12.5 Å². The fourth-order valence-electron chi connectivity index (χ4n) is 2.71. The summed E-state index contributed by atoms with van der Waals surface area (Å²) < 4.78 is 18.4. The van der Waals surface area contributed by atoms with Crippen LogP contribution < -0.4 is 0 Å². The smallest absolute Gasteiger partial charge is 0.308 e. The van der Waals surface area contributed by atoms with Crippen LogP contribution in [0.4, 0.5) is 4.39 Å². The molecule has 0 aliphatic carbocycles. The highest BCUT2D eigenvalue weighted by Gasteiger charge is 2.39. The van der Waals surface area contributed by atoms with Gasteiger partial charge in [-0.1, -0.05) is 12.1 Å². The number of ether oxygens (including phenoxy) is 1. The van der Waals surface area contributed by atoms with Gasteiger partial charge in [-0.3, -0.25) is 9.69 Å². The van der Waals surface area contributed by atoms with Gasteiger partial charge in [0.1, 0.15) is 5.82 Å². The van der Waals surface area contributed by atoms with Gasteiger partial charge in [0.15, 0.2) is 0 Å². The molecule has 1 saturated heterocycles. The second-order valence-electron chi connectivity index (χ2n) is 4.76. The van der Waals surface area contributed by atoms with Gasteiger partial charge in [-0.2, -0.15) is 0 Å². The van der Waals surface area contributed by atoms with Gasteiger partial charge in [-0.05, 0) is 30.7 Å². The van der Waals surface area contributed by atoms with E-state index in [1.54, 1.807) is 19.2 Å². The number of aliphatic carboxylic acids is 1. The highest BCUT2D eigenvalue weighted by atomic mass is 19.1. The van der Waals surface area contributed by atoms with Crippen molar-refractivity contribution in [2.24, 2.45) is 5.92 Å². The van der Waals surface area contributed by atoms with Gasteiger partial charge in [0.25, 0.3) is 0 Å². The second-order valence-corrected chi connectivity index (χ2v) is 4.76. The predicted molar refractivity (Wildman–Crippen MR) is 68.3 cm³/mol. The van der Waals surface area contributed by atoms with Gasteiger partial charge in [0.2, 0.25) is 0 Å². The van der Waals surface area contributed by atoms with Crippen LogP contribution in [-0.2, 0) is 9.53 Å². The Labute approximate surface area is 111 Å². The fraction of sp³-hybridized carbons (Fsp3) is 0.500. The van der Waals surface area contributed by atoms with Gasteiger partial charge in [-0.15, -0.1) is 0 Å². The van der Waals surface area contributed by atoms with Crippen LogP contribution in [0.15, 0.2) is 24.3 Å². The number of likely N-dealkylation sites (tertiary alicyclic amines) is 1. The lowest BCUT2D eigenvalue weighted by atomic mass is 9.94. The van der Waals surface area contributed by atoms with Crippen molar-refractivity contribution in [2.75, 3.05) is 26.8 Å². The van der Waals surface area contributed by atoms with E-state index in [-0.39, 0.29) is 11.9 Å². The molecule has 1 N–H and O–H groups in total. The molecule has 1 heterocycles. The summed E-state index contributed by atoms with van der Waals surface area (Å²) in [5.41, 5.74) is 0.723. The number of carboxylic acid groups (broad SMARTS) is 1. The fourth-order valence-corrected chi connectivity index (χ4v) is 2.71. The maximum absolute atomic E-state index is 13.3. The molecule has 1 fully saturated rings. The standard InChI is InChI=1S/C14H18FNO3/c1-19-8-7-16-6-5-12(14(17)18)13(16)10-3-2-4-11(15)9-10/h2-4,9,12-13H,5-8H2,1H3,(H,17,18). The SMILES string of the molecule is COCCN1CCC(C(=O)O)C1c1cccc(F)c1. The van der Waals surface area contributed by atoms with E-state index in [1.807, 2.05) is 0 Å². The molecule has 0 amide bonds. The molecule has 4 nitrogen and oxygen atoms in total. The first-order chi connectivity index (χ1) is 9.13. The van der Waals surface area contributed by atoms with Crippen LogP contribution >= 0.6 is 0 Å². The van der Waals surface area contributed by atoms with Crippen molar-refractivity contribution in [3.63, 3.8) is 0 Å². The van der Waals surface area contributed by atoms with Crippen molar-refractivity contribution in [1.82, 2.24) is 4.90 Å². The number of carbonyl (C=O) groups is 1. The van der Waals surface area contributed by atoms with E-state index in [0.29, 0.717) is 26.1 Å². The molecule has 104 valence electrons. The first kappa shape index (κ1) is 14.0. The Morgan fingerprint density at radius 2 is 2.37 bits per heavy atom. The molecule has 0 radical (unpaired) electrons. The van der Waals surface area contributed by atoms with Crippen LogP contribution in [0.1, 0.15) is 18.0 Å². The summed E-state index contributed by atoms with van der Waals surface area (Å²) in [6, 6.07) is 5.92. The van der Waals surface area contributed by atoms with Crippen molar-refractivity contribution >= 4 is 5.97 Å². The van der Waals surface area contributed by atoms with Crippen LogP contribution in [0.25, 0.3) is 0 Å². The summed E-state index contributed by atoms with van der Waals surface area (Å²) in [5.74, 6) is -1.65. The Kier molecular flexibility index (Phi) is 4.50. The summed E-state index contributed by atoms with van der Waals surface area (Å²) in [7, 11) is 1.61. The largest absolute Gasteiger partial charge is 0.481 e. The molecule has 5 heteroatoms. The average molecular weight is 267 g/mol. The molecule has 1 aromatic carbocycles. The Morgan fingerprint density at radius 3 is 3.00 bits per heavy atom. The van der Waals surface area contributed by atoms with Crippen LogP contribution in [0.5, 0.6) is 0 Å². The minimum atomic E-state index is -0.825. The average Bonchev–Trinajstić information content (AvgIpc) is 2.80. The van der Waals surface area contributed by atoms with E-state index in [9.17, 15) is 14.3 Å². The predicted octanol–water partition coefficient (Wildman–Crippen LogP) is 1.92. The monoisotopic (exact) mass is 267 g/mol. The second kappa shape index (κ2) is 6.12. The zero-order valence-electron chi connectivity index (χ0n) is 10.9. The Hall–Kier alpha value is -1.46. The molecule has 0 aromatic heterocycles. The molecule has 1 aliphatic heterocycles. The number of nitrogens with zero attached hydrogens (tertiary/aromatic N) is 1. The molecule has 0 saturated carbocycles. The van der Waals surface area contributed by atoms with Crippen molar-refractivity contribution in [1.29, 1.82) is 0 Å². The Morgan fingerprint density at radius 1 is 1.58 bits per heavy atom. The number of hydrogen-bond acceptors (Lipinski definition) is 3. The van der Waals surface area contributed by atoms with Gasteiger partial charge >= 0.3 is 5.97 Å². The van der Waals surface area contributed by atoms with Crippen molar-refractivity contribution in [2.45, 2.75) is 12.5 Å². The van der Waals surface area contributed by atoms with Crippen LogP contribution in [-0.4, -0.2) is 42.8 Å². The topological polar surface area (TPSA) is 49.8 Å². The molecule has 2 unspecified atom stereocenters. The molecular formula is C14H18FNO3. The molecule has 1 aliphatic rings. The minimum absolute atomic E-state index is 0.275. The normalized spacial score (nSPS) is 23.7. The number of hydrogen-bond donors (Lipinski definition) is 1. The third-order valence-corrected chi connectivity index (χ3v) is 3.59. The summed E-state index contributed by atoms with van der Waals surface area (Å²) in [6.07, 6.45) is 0.584. The highest BCUT2D eigenvalue weighted by molar-refractivity contribution is 5.71. The molecule has 0 bridgehead atoms. The summed E-state index contributed by atoms with van der Waals surface area (Å²) in [6.45, 7) is 1.89. The van der Waals surface area contributed by atoms with E-state index >= 15 is 0 Å². The third-order valence-electron chi connectivity index (χ3n) is 3.59. The number of halogens is 1. The lowest BCUT2D eigenvalue weighted by Gasteiger charge is -2.26. The third kappa shape index (κ3) is 3.11. The van der Waals surface area contributed by atoms with Crippen LogP contribution in [0, 0.1) is 11.7 Å². The zero-order valence-corrected chi connectivity index (χ0v) is 10.9. The minimum Gasteiger partial charge on any atom is -0.481 e. The number of methoxy groups -OCH3 is 1. The molecule has 19 heavy (non-hydrogen) atoms. The maximum Gasteiger partial charge on any atom is 0.308 e. The summed E-state index contributed by atoms with van der Waals surface area (Å²) in [5, 5.41) is 9.31. The van der Waals surface area contributed by atoms with Crippen LogP contribution in [0.3, 0.4) is 0 Å². The van der Waals surface area contributed by atoms with Crippen molar-refractivity contribution < 1.29 is 19.0 Å². The van der Waals surface area contributed by atoms with E-state index in [4.69, 9.17) is 4.74 Å². The summed E-state index contributed by atoms with van der Waals surface area (Å²) in [4.78, 5) is 13.4. The Balaban J connectivity index is 2.25. The highest BCUT2D eigenvalue weighted by Crippen LogP contribution is 2.37. The first-order valence-corrected chi connectivity index (χ1v) is 6.34. The lowest BCUT2D eigenvalue weighted by molar-refractivity contribution is -0.142. The van der Waals surface area contributed by atoms with E-state index in [2.05, 4.69) is 4.90 Å². The van der Waals surface area contributed by atoms with E-state index < -0.39 is 11.9 Å². The molecular weight excluding hydrogens is 249 g/mol. The first-order valence-electron chi connectivity index (χ1n) is 6.34. The molecule has 2 atom stereocenters. The molecule has 2 rings (SSSR count). The summed E-state index contributed by atoms with van der Waals surface area (Å²) >= 11 is 0. The molecule has 1 aromatic rings. The van der Waals surface area contributed by atoms with E-state index in [1.165, 1.54) is 12.1 Å². The number of benzene rings is 1. The number of carboxylic acids is 1.